The van der Waals surface area contributed by atoms with Gasteiger partial charge in [0.25, 0.3) is 0 Å². The number of pyridine rings is 2. The summed E-state index contributed by atoms with van der Waals surface area (Å²) in [5.74, 6) is 1.59. The van der Waals surface area contributed by atoms with E-state index < -0.39 is 0 Å². The fourth-order valence-corrected chi connectivity index (χ4v) is 5.87. The molecule has 234 valence electrons. The zero-order valence-corrected chi connectivity index (χ0v) is 27.1. The minimum Gasteiger partial charge on any atom is -0.361 e. The van der Waals surface area contributed by atoms with Crippen molar-refractivity contribution in [3.05, 3.63) is 131 Å². The molecule has 0 aliphatic heterocycles. The van der Waals surface area contributed by atoms with E-state index in [0.717, 1.165) is 84.4 Å². The van der Waals surface area contributed by atoms with Crippen molar-refractivity contribution >= 4 is 33.7 Å². The average Bonchev–Trinajstić information content (AvgIpc) is 3.85. The molecule has 0 unspecified atom stereocenters. The summed E-state index contributed by atoms with van der Waals surface area (Å²) in [5.41, 5.74) is 11.8. The topological polar surface area (TPSA) is 113 Å². The third-order valence-electron chi connectivity index (χ3n) is 8.05. The van der Waals surface area contributed by atoms with Gasteiger partial charge in [-0.1, -0.05) is 64.4 Å². The molecule has 6 heterocycles. The van der Waals surface area contributed by atoms with E-state index in [1.165, 1.54) is 5.56 Å². The van der Waals surface area contributed by atoms with Crippen LogP contribution in [0.1, 0.15) is 34.0 Å². The molecule has 0 N–H and O–H groups in total. The van der Waals surface area contributed by atoms with Crippen LogP contribution in [0.15, 0.2) is 101 Å². The summed E-state index contributed by atoms with van der Waals surface area (Å²) in [5, 5.41) is 17.7. The molecule has 0 amide bonds. The molecule has 0 atom stereocenters. The smallest absolute Gasteiger partial charge is 0.141 e. The first-order valence-corrected chi connectivity index (χ1v) is 15.5. The Hall–Kier alpha value is -5.61. The summed E-state index contributed by atoms with van der Waals surface area (Å²) in [6.45, 7) is 9.08. The largest absolute Gasteiger partial charge is 0.361 e. The van der Waals surface area contributed by atoms with E-state index in [1.807, 2.05) is 91.9 Å². The fraction of sp³-hybridized carbons (Fsp3) is 0.167. The van der Waals surface area contributed by atoms with E-state index >= 15 is 0 Å². The van der Waals surface area contributed by atoms with E-state index in [4.69, 9.17) is 20.6 Å². The van der Waals surface area contributed by atoms with Gasteiger partial charge in [0.2, 0.25) is 0 Å². The average molecular weight is 643 g/mol. The number of aromatic nitrogens is 8. The molecule has 0 saturated heterocycles. The van der Waals surface area contributed by atoms with Crippen molar-refractivity contribution in [2.24, 2.45) is 0 Å². The van der Waals surface area contributed by atoms with E-state index in [9.17, 15) is 0 Å². The van der Waals surface area contributed by atoms with Crippen LogP contribution in [-0.4, -0.2) is 39.8 Å². The van der Waals surface area contributed by atoms with Crippen LogP contribution in [0.5, 0.6) is 0 Å². The van der Waals surface area contributed by atoms with E-state index in [1.54, 1.807) is 12.4 Å². The van der Waals surface area contributed by atoms with Gasteiger partial charge in [-0.3, -0.25) is 19.3 Å². The third kappa shape index (κ3) is 6.15. The summed E-state index contributed by atoms with van der Waals surface area (Å²) < 4.78 is 14.4. The number of fused-ring (bicyclic) bond motifs is 2. The van der Waals surface area contributed by atoms with Gasteiger partial charge in [0, 0.05) is 39.7 Å². The Kier molecular flexibility index (Phi) is 8.09. The van der Waals surface area contributed by atoms with Crippen molar-refractivity contribution in [1.82, 2.24) is 39.8 Å². The Morgan fingerprint density at radius 2 is 1.06 bits per heavy atom. The highest BCUT2D eigenvalue weighted by atomic mass is 35.5. The van der Waals surface area contributed by atoms with Crippen LogP contribution in [0, 0.1) is 27.7 Å². The number of aryl methyl sites for hydroxylation is 4. The first-order valence-electron chi connectivity index (χ1n) is 15.1. The first kappa shape index (κ1) is 30.1. The third-order valence-corrected chi connectivity index (χ3v) is 8.31. The molecule has 8 aromatic rings. The van der Waals surface area contributed by atoms with E-state index in [2.05, 4.69) is 54.7 Å². The normalized spacial score (nSPS) is 11.3. The van der Waals surface area contributed by atoms with Gasteiger partial charge >= 0.3 is 0 Å². The Morgan fingerprint density at radius 3 is 1.51 bits per heavy atom. The van der Waals surface area contributed by atoms with Crippen LogP contribution in [0.4, 0.5) is 0 Å². The molecule has 11 heteroatoms. The van der Waals surface area contributed by atoms with Crippen LogP contribution < -0.4 is 0 Å². The molecule has 6 aromatic heterocycles. The van der Waals surface area contributed by atoms with Crippen molar-refractivity contribution in [2.45, 2.75) is 40.8 Å². The van der Waals surface area contributed by atoms with Gasteiger partial charge in [0.05, 0.1) is 47.9 Å². The van der Waals surface area contributed by atoms with Crippen LogP contribution in [0.3, 0.4) is 0 Å². The molecule has 0 saturated carbocycles. The zero-order valence-electron chi connectivity index (χ0n) is 26.3. The summed E-state index contributed by atoms with van der Waals surface area (Å²) in [7, 11) is 0. The minimum absolute atomic E-state index is 0.660. The molecule has 10 nitrogen and oxygen atoms in total. The lowest BCUT2D eigenvalue weighted by Gasteiger charge is -2.06. The van der Waals surface area contributed by atoms with Gasteiger partial charge in [-0.15, -0.1) is 0 Å². The highest BCUT2D eigenvalue weighted by Crippen LogP contribution is 2.30. The Bertz CT molecular complexity index is 2280. The highest BCUT2D eigenvalue weighted by Gasteiger charge is 2.15. The molecule has 0 radical (unpaired) electrons. The molecule has 0 aliphatic rings. The molecule has 0 bridgehead atoms. The van der Waals surface area contributed by atoms with Crippen molar-refractivity contribution < 1.29 is 9.05 Å². The fourth-order valence-electron chi connectivity index (χ4n) is 5.75. The number of halogens is 1. The van der Waals surface area contributed by atoms with Crippen LogP contribution in [-0.2, 0) is 13.1 Å². The van der Waals surface area contributed by atoms with Crippen molar-refractivity contribution in [3.63, 3.8) is 0 Å². The second kappa shape index (κ2) is 12.6. The van der Waals surface area contributed by atoms with Gasteiger partial charge < -0.3 is 9.05 Å². The van der Waals surface area contributed by atoms with Crippen LogP contribution in [0.25, 0.3) is 44.3 Å². The molecule has 47 heavy (non-hydrogen) atoms. The number of nitrogens with zero attached hydrogens (tertiary/aromatic N) is 8. The summed E-state index contributed by atoms with van der Waals surface area (Å²) >= 11 is 5.95. The Balaban J connectivity index is 0.000000150. The molecule has 0 fully saturated rings. The lowest BCUT2D eigenvalue weighted by atomic mass is 10.1. The maximum absolute atomic E-state index is 5.95. The maximum atomic E-state index is 5.95. The van der Waals surface area contributed by atoms with Gasteiger partial charge in [-0.05, 0) is 63.1 Å². The molecule has 0 aliphatic carbocycles. The van der Waals surface area contributed by atoms with Gasteiger partial charge in [0.1, 0.15) is 22.6 Å². The Morgan fingerprint density at radius 1 is 0.596 bits per heavy atom. The summed E-state index contributed by atoms with van der Waals surface area (Å²) in [4.78, 5) is 9.05. The van der Waals surface area contributed by atoms with Gasteiger partial charge in [-0.25, -0.2) is 0 Å². The van der Waals surface area contributed by atoms with Crippen LogP contribution in [0.2, 0.25) is 5.02 Å². The summed E-state index contributed by atoms with van der Waals surface area (Å²) in [6, 6.07) is 22.2. The first-order chi connectivity index (χ1) is 22.8. The van der Waals surface area contributed by atoms with Crippen LogP contribution >= 0.6 is 11.6 Å². The SMILES string of the molecule is Cc1noc(C)c1-c1cnc2cnn(Cc3ccc(Cl)cc3)c2c1.Cc1noc(C)c1-c1cnc2cnn(Cc3ccccc3)c2c1. The molecular formula is C36H31ClN8O2. The lowest BCUT2D eigenvalue weighted by Crippen LogP contribution is -2.01. The minimum atomic E-state index is 0.660. The predicted molar refractivity (Wildman–Crippen MR) is 181 cm³/mol. The number of rotatable bonds is 6. The monoisotopic (exact) mass is 642 g/mol. The highest BCUT2D eigenvalue weighted by molar-refractivity contribution is 6.30. The summed E-state index contributed by atoms with van der Waals surface area (Å²) in [6.07, 6.45) is 7.27. The number of hydrogen-bond acceptors (Lipinski definition) is 8. The quantitative estimate of drug-likeness (QED) is 0.178. The van der Waals surface area contributed by atoms with E-state index in [-0.39, 0.29) is 0 Å². The van der Waals surface area contributed by atoms with Crippen molar-refractivity contribution in [2.75, 3.05) is 0 Å². The zero-order chi connectivity index (χ0) is 32.5. The standard InChI is InChI=1S/C18H15ClN4O.C18H16N4O/c1-11-18(12(2)24-22-11)14-7-17-16(20-8-14)9-21-23(17)10-13-3-5-15(19)6-4-13;1-12-18(13(2)23-21-12)15-8-17-16(19-9-15)10-20-22(17)11-14-6-4-3-5-7-14/h3-9H,10H2,1-2H3;3-10H,11H2,1-2H3. The van der Waals surface area contributed by atoms with Crippen molar-refractivity contribution in [3.8, 4) is 22.3 Å². The van der Waals surface area contributed by atoms with Gasteiger partial charge in [-0.2, -0.15) is 10.2 Å². The van der Waals surface area contributed by atoms with Crippen molar-refractivity contribution in [1.29, 1.82) is 0 Å². The van der Waals surface area contributed by atoms with E-state index in [0.29, 0.717) is 6.54 Å². The number of benzene rings is 2. The lowest BCUT2D eigenvalue weighted by molar-refractivity contribution is 0.393. The van der Waals surface area contributed by atoms with Gasteiger partial charge in [0.15, 0.2) is 0 Å². The molecule has 8 rings (SSSR count). The number of hydrogen-bond donors (Lipinski definition) is 0. The second-order valence-corrected chi connectivity index (χ2v) is 11.8. The molecular weight excluding hydrogens is 612 g/mol. The molecule has 0 spiro atoms. The Labute approximate surface area is 275 Å². The maximum Gasteiger partial charge on any atom is 0.141 e. The molecule has 2 aromatic carbocycles. The second-order valence-electron chi connectivity index (χ2n) is 11.4. The predicted octanol–water partition coefficient (Wildman–Crippen LogP) is 8.16.